The first kappa shape index (κ1) is 13.0. The van der Waals surface area contributed by atoms with Gasteiger partial charge in [0.1, 0.15) is 5.75 Å². The minimum absolute atomic E-state index is 0.111. The van der Waals surface area contributed by atoms with E-state index < -0.39 is 0 Å². The standard InChI is InChI=1S/C12H16BrNO2/c1-8(13)7-9(2)14-12(16)10-3-5-11(15)6-4-10/h3-6,8-9,15H,7H2,1-2H3,(H,14,16). The molecule has 1 aromatic carbocycles. The lowest BCUT2D eigenvalue weighted by Crippen LogP contribution is -2.33. The van der Waals surface area contributed by atoms with Gasteiger partial charge in [0.05, 0.1) is 0 Å². The number of halogens is 1. The monoisotopic (exact) mass is 285 g/mol. The molecule has 0 aliphatic carbocycles. The summed E-state index contributed by atoms with van der Waals surface area (Å²) in [5.74, 6) is 0.0549. The Morgan fingerprint density at radius 3 is 2.44 bits per heavy atom. The zero-order valence-electron chi connectivity index (χ0n) is 9.40. The first-order valence-corrected chi connectivity index (χ1v) is 6.14. The Morgan fingerprint density at radius 1 is 1.38 bits per heavy atom. The van der Waals surface area contributed by atoms with E-state index in [0.29, 0.717) is 10.4 Å². The van der Waals surface area contributed by atoms with Gasteiger partial charge in [0.2, 0.25) is 0 Å². The molecule has 0 saturated carbocycles. The molecule has 0 bridgehead atoms. The number of hydrogen-bond acceptors (Lipinski definition) is 2. The summed E-state index contributed by atoms with van der Waals surface area (Å²) < 4.78 is 0. The molecule has 0 radical (unpaired) electrons. The Labute approximate surface area is 104 Å². The van der Waals surface area contributed by atoms with Crippen molar-refractivity contribution in [1.29, 1.82) is 0 Å². The van der Waals surface area contributed by atoms with Crippen molar-refractivity contribution in [2.45, 2.75) is 31.1 Å². The van der Waals surface area contributed by atoms with E-state index in [-0.39, 0.29) is 17.7 Å². The van der Waals surface area contributed by atoms with Crippen LogP contribution >= 0.6 is 15.9 Å². The van der Waals surface area contributed by atoms with Gasteiger partial charge in [-0.3, -0.25) is 4.79 Å². The molecule has 2 N–H and O–H groups in total. The molecule has 3 nitrogen and oxygen atoms in total. The number of amides is 1. The summed E-state index contributed by atoms with van der Waals surface area (Å²) in [6.45, 7) is 4.01. The van der Waals surface area contributed by atoms with Gasteiger partial charge in [0.25, 0.3) is 5.91 Å². The third-order valence-electron chi connectivity index (χ3n) is 2.19. The number of rotatable bonds is 4. The zero-order valence-corrected chi connectivity index (χ0v) is 11.0. The second kappa shape index (κ2) is 5.89. The topological polar surface area (TPSA) is 49.3 Å². The van der Waals surface area contributed by atoms with Crippen molar-refractivity contribution >= 4 is 21.8 Å². The van der Waals surface area contributed by atoms with Crippen molar-refractivity contribution in [1.82, 2.24) is 5.32 Å². The maximum Gasteiger partial charge on any atom is 0.251 e. The van der Waals surface area contributed by atoms with E-state index in [9.17, 15) is 4.79 Å². The van der Waals surface area contributed by atoms with E-state index in [0.717, 1.165) is 6.42 Å². The number of aromatic hydroxyl groups is 1. The Kier molecular flexibility index (Phi) is 4.80. The quantitative estimate of drug-likeness (QED) is 0.836. The minimum Gasteiger partial charge on any atom is -0.508 e. The minimum atomic E-state index is -0.111. The van der Waals surface area contributed by atoms with Gasteiger partial charge in [0.15, 0.2) is 0 Å². The molecule has 0 aliphatic heterocycles. The molecule has 0 saturated heterocycles. The molecule has 1 amide bonds. The second-order valence-corrected chi connectivity index (χ2v) is 5.50. The highest BCUT2D eigenvalue weighted by molar-refractivity contribution is 9.09. The van der Waals surface area contributed by atoms with Gasteiger partial charge in [-0.2, -0.15) is 0 Å². The lowest BCUT2D eigenvalue weighted by Gasteiger charge is -2.15. The molecule has 0 spiro atoms. The Morgan fingerprint density at radius 2 is 1.94 bits per heavy atom. The van der Waals surface area contributed by atoms with Crippen LogP contribution in [0.15, 0.2) is 24.3 Å². The Hall–Kier alpha value is -1.03. The molecule has 0 heterocycles. The van der Waals surface area contributed by atoms with Gasteiger partial charge in [-0.05, 0) is 37.6 Å². The number of alkyl halides is 1. The van der Waals surface area contributed by atoms with Crippen LogP contribution in [0.3, 0.4) is 0 Å². The SMILES string of the molecule is CC(Br)CC(C)NC(=O)c1ccc(O)cc1. The molecule has 1 aromatic rings. The van der Waals surface area contributed by atoms with Crippen molar-refractivity contribution in [3.8, 4) is 5.75 Å². The highest BCUT2D eigenvalue weighted by Crippen LogP contribution is 2.11. The molecule has 2 atom stereocenters. The predicted molar refractivity (Wildman–Crippen MR) is 68.0 cm³/mol. The number of phenols is 1. The van der Waals surface area contributed by atoms with Crippen molar-refractivity contribution in [3.05, 3.63) is 29.8 Å². The van der Waals surface area contributed by atoms with Crippen LogP contribution in [-0.4, -0.2) is 21.9 Å². The molecular weight excluding hydrogens is 270 g/mol. The molecule has 16 heavy (non-hydrogen) atoms. The largest absolute Gasteiger partial charge is 0.508 e. The van der Waals surface area contributed by atoms with Gasteiger partial charge in [-0.25, -0.2) is 0 Å². The molecule has 0 aromatic heterocycles. The van der Waals surface area contributed by atoms with Crippen LogP contribution in [0.1, 0.15) is 30.6 Å². The van der Waals surface area contributed by atoms with Crippen LogP contribution in [0, 0.1) is 0 Å². The van der Waals surface area contributed by atoms with E-state index in [4.69, 9.17) is 5.11 Å². The highest BCUT2D eigenvalue weighted by Gasteiger charge is 2.11. The Balaban J connectivity index is 2.55. The summed E-state index contributed by atoms with van der Waals surface area (Å²) in [4.78, 5) is 12.1. The average molecular weight is 286 g/mol. The van der Waals surface area contributed by atoms with Gasteiger partial charge in [-0.15, -0.1) is 0 Å². The number of carbonyl (C=O) groups excluding carboxylic acids is 1. The molecule has 1 rings (SSSR count). The molecule has 0 fully saturated rings. The van der Waals surface area contributed by atoms with Crippen LogP contribution in [0.2, 0.25) is 0 Å². The summed E-state index contributed by atoms with van der Waals surface area (Å²) >= 11 is 3.45. The number of phenolic OH excluding ortho intramolecular Hbond substituents is 1. The van der Waals surface area contributed by atoms with Crippen molar-refractivity contribution < 1.29 is 9.90 Å². The van der Waals surface area contributed by atoms with Gasteiger partial charge in [-0.1, -0.05) is 22.9 Å². The number of benzene rings is 1. The summed E-state index contributed by atoms with van der Waals surface area (Å²) in [5, 5.41) is 12.0. The zero-order chi connectivity index (χ0) is 12.1. The fourth-order valence-electron chi connectivity index (χ4n) is 1.47. The van der Waals surface area contributed by atoms with Gasteiger partial charge in [0, 0.05) is 16.4 Å². The van der Waals surface area contributed by atoms with Crippen LogP contribution in [0.4, 0.5) is 0 Å². The third kappa shape index (κ3) is 4.23. The first-order valence-electron chi connectivity index (χ1n) is 5.23. The number of nitrogens with one attached hydrogen (secondary N) is 1. The second-order valence-electron chi connectivity index (χ2n) is 3.94. The first-order chi connectivity index (χ1) is 7.49. The maximum absolute atomic E-state index is 11.7. The van der Waals surface area contributed by atoms with E-state index >= 15 is 0 Å². The van der Waals surface area contributed by atoms with Crippen molar-refractivity contribution in [3.63, 3.8) is 0 Å². The summed E-state index contributed by atoms with van der Waals surface area (Å²) in [6.07, 6.45) is 0.879. The normalized spacial score (nSPS) is 14.2. The average Bonchev–Trinajstić information content (AvgIpc) is 2.16. The van der Waals surface area contributed by atoms with E-state index in [1.54, 1.807) is 12.1 Å². The van der Waals surface area contributed by atoms with Gasteiger partial charge < -0.3 is 10.4 Å². The molecule has 4 heteroatoms. The molecular formula is C12H16BrNO2. The summed E-state index contributed by atoms with van der Waals surface area (Å²) in [6, 6.07) is 6.35. The summed E-state index contributed by atoms with van der Waals surface area (Å²) in [5.41, 5.74) is 0.562. The fourth-order valence-corrected chi connectivity index (χ4v) is 2.03. The van der Waals surface area contributed by atoms with Crippen LogP contribution in [0.25, 0.3) is 0 Å². The maximum atomic E-state index is 11.7. The van der Waals surface area contributed by atoms with Crippen LogP contribution in [0.5, 0.6) is 5.75 Å². The van der Waals surface area contributed by atoms with Crippen molar-refractivity contribution in [2.24, 2.45) is 0 Å². The smallest absolute Gasteiger partial charge is 0.251 e. The lowest BCUT2D eigenvalue weighted by atomic mass is 10.1. The number of carbonyl (C=O) groups is 1. The highest BCUT2D eigenvalue weighted by atomic mass is 79.9. The van der Waals surface area contributed by atoms with Gasteiger partial charge >= 0.3 is 0 Å². The molecule has 0 aliphatic rings. The summed E-state index contributed by atoms with van der Waals surface area (Å²) in [7, 11) is 0. The van der Waals surface area contributed by atoms with E-state index in [1.165, 1.54) is 12.1 Å². The number of hydrogen-bond donors (Lipinski definition) is 2. The van der Waals surface area contributed by atoms with Crippen LogP contribution in [-0.2, 0) is 0 Å². The lowest BCUT2D eigenvalue weighted by molar-refractivity contribution is 0.0938. The Bertz CT molecular complexity index is 349. The third-order valence-corrected chi connectivity index (χ3v) is 2.56. The van der Waals surface area contributed by atoms with E-state index in [1.807, 2.05) is 13.8 Å². The molecule has 88 valence electrons. The molecule has 2 unspecified atom stereocenters. The predicted octanol–water partition coefficient (Wildman–Crippen LogP) is 2.68. The fraction of sp³-hybridized carbons (Fsp3) is 0.417. The van der Waals surface area contributed by atoms with Crippen LogP contribution < -0.4 is 5.32 Å². The van der Waals surface area contributed by atoms with E-state index in [2.05, 4.69) is 21.2 Å². The van der Waals surface area contributed by atoms with Crippen molar-refractivity contribution in [2.75, 3.05) is 0 Å².